The Morgan fingerprint density at radius 2 is 2.00 bits per heavy atom. The summed E-state index contributed by atoms with van der Waals surface area (Å²) in [5.41, 5.74) is -0.173. The summed E-state index contributed by atoms with van der Waals surface area (Å²) < 4.78 is 14.7. The summed E-state index contributed by atoms with van der Waals surface area (Å²) in [4.78, 5) is 18.2. The Morgan fingerprint density at radius 1 is 1.53 bits per heavy atom. The molecule has 15 heavy (non-hydrogen) atoms. The van der Waals surface area contributed by atoms with Crippen LogP contribution in [-0.4, -0.2) is 27.5 Å². The topological polar surface area (TPSA) is 93.8 Å². The smallest absolute Gasteiger partial charge is 0.303 e. The van der Waals surface area contributed by atoms with Gasteiger partial charge in [0.2, 0.25) is 0 Å². The summed E-state index contributed by atoms with van der Waals surface area (Å²) in [6.07, 6.45) is 1.85. The van der Waals surface area contributed by atoms with Crippen LogP contribution in [0.1, 0.15) is 27.7 Å². The van der Waals surface area contributed by atoms with Crippen LogP contribution in [0.25, 0.3) is 0 Å². The van der Waals surface area contributed by atoms with Gasteiger partial charge in [0.15, 0.2) is 6.19 Å². The van der Waals surface area contributed by atoms with Gasteiger partial charge in [0.05, 0.1) is 0 Å². The van der Waals surface area contributed by atoms with Gasteiger partial charge in [-0.1, -0.05) is 20.8 Å². The van der Waals surface area contributed by atoms with E-state index in [0.717, 1.165) is 0 Å². The summed E-state index contributed by atoms with van der Waals surface area (Å²) in [5.74, 6) is 0. The fourth-order valence-electron chi connectivity index (χ4n) is 0.832. The highest BCUT2D eigenvalue weighted by Crippen LogP contribution is 2.36. The summed E-state index contributed by atoms with van der Waals surface area (Å²) in [6.45, 7) is 7.18. The SMILES string of the molecule is CC(N(C#N)COP(=O)(O)O)C(C)(C)C. The highest BCUT2D eigenvalue weighted by Gasteiger charge is 2.27. The monoisotopic (exact) mass is 236 g/mol. The van der Waals surface area contributed by atoms with Crippen molar-refractivity contribution in [1.82, 2.24) is 4.90 Å². The van der Waals surface area contributed by atoms with E-state index in [-0.39, 0.29) is 11.5 Å². The van der Waals surface area contributed by atoms with Crippen LogP contribution in [0.15, 0.2) is 0 Å². The lowest BCUT2D eigenvalue weighted by molar-refractivity contribution is 0.0685. The molecule has 0 radical (unpaired) electrons. The van der Waals surface area contributed by atoms with Gasteiger partial charge in [0, 0.05) is 6.04 Å². The number of rotatable bonds is 4. The van der Waals surface area contributed by atoms with Gasteiger partial charge in [-0.25, -0.2) is 4.57 Å². The summed E-state index contributed by atoms with van der Waals surface area (Å²) in [5, 5.41) is 8.80. The first-order valence-electron chi connectivity index (χ1n) is 4.44. The van der Waals surface area contributed by atoms with Crippen LogP contribution in [0, 0.1) is 16.9 Å². The van der Waals surface area contributed by atoms with Gasteiger partial charge < -0.3 is 9.79 Å². The maximum atomic E-state index is 10.5. The predicted octanol–water partition coefficient (Wildman–Crippen LogP) is 1.27. The third-order valence-corrected chi connectivity index (χ3v) is 2.67. The van der Waals surface area contributed by atoms with Crippen LogP contribution < -0.4 is 0 Å². The Hall–Kier alpha value is -0.600. The molecule has 0 spiro atoms. The normalized spacial score (nSPS) is 14.5. The first-order chi connectivity index (χ1) is 6.58. The standard InChI is InChI=1S/C8H17N2O4P/c1-7(8(2,3)4)10(5-9)6-14-15(11,12)13/h7H,6H2,1-4H3,(H2,11,12,13). The van der Waals surface area contributed by atoms with E-state index in [1.165, 1.54) is 4.90 Å². The van der Waals surface area contributed by atoms with Crippen LogP contribution >= 0.6 is 7.82 Å². The van der Waals surface area contributed by atoms with Crippen molar-refractivity contribution in [3.8, 4) is 6.19 Å². The molecule has 0 fully saturated rings. The van der Waals surface area contributed by atoms with Crippen molar-refractivity contribution >= 4 is 7.82 Å². The largest absolute Gasteiger partial charge is 0.471 e. The molecule has 0 aliphatic carbocycles. The number of phosphoric ester groups is 1. The maximum absolute atomic E-state index is 10.5. The van der Waals surface area contributed by atoms with E-state index < -0.39 is 14.6 Å². The molecule has 88 valence electrons. The molecular weight excluding hydrogens is 219 g/mol. The summed E-state index contributed by atoms with van der Waals surface area (Å²) in [6, 6.07) is -0.172. The molecule has 0 saturated carbocycles. The second-order valence-corrected chi connectivity index (χ2v) is 5.60. The highest BCUT2D eigenvalue weighted by molar-refractivity contribution is 7.46. The van der Waals surface area contributed by atoms with Gasteiger partial charge in [-0.15, -0.1) is 0 Å². The number of nitrogens with zero attached hydrogens (tertiary/aromatic N) is 2. The zero-order valence-corrected chi connectivity index (χ0v) is 10.2. The van der Waals surface area contributed by atoms with E-state index in [0.29, 0.717) is 0 Å². The lowest BCUT2D eigenvalue weighted by Crippen LogP contribution is -2.39. The molecule has 0 rings (SSSR count). The molecule has 0 heterocycles. The maximum Gasteiger partial charge on any atom is 0.471 e. The number of hydrogen-bond acceptors (Lipinski definition) is 4. The lowest BCUT2D eigenvalue weighted by Gasteiger charge is -2.33. The van der Waals surface area contributed by atoms with E-state index in [1.807, 2.05) is 27.0 Å². The molecule has 0 bridgehead atoms. The molecule has 7 heteroatoms. The van der Waals surface area contributed by atoms with Crippen molar-refractivity contribution in [3.05, 3.63) is 0 Å². The molecule has 0 aromatic rings. The molecular formula is C8H17N2O4P. The van der Waals surface area contributed by atoms with E-state index in [2.05, 4.69) is 4.52 Å². The van der Waals surface area contributed by atoms with Crippen LogP contribution in [0.5, 0.6) is 0 Å². The summed E-state index contributed by atoms with van der Waals surface area (Å²) in [7, 11) is -4.52. The van der Waals surface area contributed by atoms with Crippen molar-refractivity contribution in [3.63, 3.8) is 0 Å². The molecule has 0 aliphatic heterocycles. The fourth-order valence-corrected chi connectivity index (χ4v) is 1.11. The Labute approximate surface area is 89.7 Å². The van der Waals surface area contributed by atoms with E-state index >= 15 is 0 Å². The van der Waals surface area contributed by atoms with Gasteiger partial charge in [-0.05, 0) is 12.3 Å². The summed E-state index contributed by atoms with van der Waals surface area (Å²) >= 11 is 0. The van der Waals surface area contributed by atoms with Crippen LogP contribution in [0.2, 0.25) is 0 Å². The van der Waals surface area contributed by atoms with Crippen molar-refractivity contribution in [2.45, 2.75) is 33.7 Å². The van der Waals surface area contributed by atoms with E-state index in [1.54, 1.807) is 6.92 Å². The zero-order chi connectivity index (χ0) is 12.3. The van der Waals surface area contributed by atoms with Crippen molar-refractivity contribution in [2.75, 3.05) is 6.73 Å². The molecule has 6 nitrogen and oxygen atoms in total. The number of phosphoric acid groups is 1. The van der Waals surface area contributed by atoms with Gasteiger partial charge >= 0.3 is 7.82 Å². The van der Waals surface area contributed by atoms with E-state index in [9.17, 15) is 4.57 Å². The Morgan fingerprint density at radius 3 is 2.27 bits per heavy atom. The first-order valence-corrected chi connectivity index (χ1v) is 5.97. The molecule has 0 aliphatic rings. The average Bonchev–Trinajstić information content (AvgIpc) is 2.01. The minimum Gasteiger partial charge on any atom is -0.303 e. The quantitative estimate of drug-likeness (QED) is 0.330. The Balaban J connectivity index is 4.41. The zero-order valence-electron chi connectivity index (χ0n) is 9.34. The Bertz CT molecular complexity index is 288. The van der Waals surface area contributed by atoms with Crippen molar-refractivity contribution in [2.24, 2.45) is 5.41 Å². The molecule has 0 aromatic carbocycles. The third-order valence-electron chi connectivity index (χ3n) is 2.21. The minimum atomic E-state index is -4.52. The third kappa shape index (κ3) is 5.75. The van der Waals surface area contributed by atoms with Crippen LogP contribution in [0.4, 0.5) is 0 Å². The van der Waals surface area contributed by atoms with Crippen LogP contribution in [-0.2, 0) is 9.09 Å². The minimum absolute atomic E-state index is 0.172. The van der Waals surface area contributed by atoms with Crippen molar-refractivity contribution < 1.29 is 18.9 Å². The molecule has 0 amide bonds. The van der Waals surface area contributed by atoms with Crippen molar-refractivity contribution in [1.29, 1.82) is 5.26 Å². The van der Waals surface area contributed by atoms with Gasteiger partial charge in [0.1, 0.15) is 6.73 Å². The Kier molecular flexibility index (Phi) is 4.75. The molecule has 1 atom stereocenters. The second-order valence-electron chi connectivity index (χ2n) is 4.36. The predicted molar refractivity (Wildman–Crippen MR) is 54.4 cm³/mol. The van der Waals surface area contributed by atoms with Gasteiger partial charge in [-0.2, -0.15) is 5.26 Å². The second kappa shape index (κ2) is 4.95. The van der Waals surface area contributed by atoms with E-state index in [4.69, 9.17) is 15.0 Å². The number of hydrogen-bond donors (Lipinski definition) is 2. The molecule has 0 saturated heterocycles. The molecule has 0 aromatic heterocycles. The lowest BCUT2D eigenvalue weighted by atomic mass is 9.87. The number of nitriles is 1. The first kappa shape index (κ1) is 14.4. The van der Waals surface area contributed by atoms with Crippen LogP contribution in [0.3, 0.4) is 0 Å². The van der Waals surface area contributed by atoms with Gasteiger partial charge in [-0.3, -0.25) is 9.42 Å². The average molecular weight is 236 g/mol. The molecule has 2 N–H and O–H groups in total. The molecule has 1 unspecified atom stereocenters. The van der Waals surface area contributed by atoms with Gasteiger partial charge in [0.25, 0.3) is 0 Å². The fraction of sp³-hybridized carbons (Fsp3) is 0.875. The highest BCUT2D eigenvalue weighted by atomic mass is 31.2.